The summed E-state index contributed by atoms with van der Waals surface area (Å²) in [6, 6.07) is 8.46. The minimum absolute atomic E-state index is 0.00112. The number of anilines is 2. The van der Waals surface area contributed by atoms with Crippen molar-refractivity contribution in [2.24, 2.45) is 11.8 Å². The SMILES string of the molecule is COC(=O)COc1ccc2c(c1)CN(C1CCN(C(=O)C3CC3C(=O)c3cc(Br)c(N)c(Br)c3)CC1)C(=O)N2. The van der Waals surface area contributed by atoms with Gasteiger partial charge in [0.05, 0.1) is 12.8 Å². The fourth-order valence-electron chi connectivity index (χ4n) is 5.18. The second-order valence-corrected chi connectivity index (χ2v) is 11.7. The maximum atomic E-state index is 13.2. The van der Waals surface area contributed by atoms with E-state index in [1.54, 1.807) is 29.2 Å². The number of fused-ring (bicyclic) bond motifs is 1. The number of hydrogen-bond acceptors (Lipinski definition) is 7. The summed E-state index contributed by atoms with van der Waals surface area (Å²) >= 11 is 6.75. The molecule has 1 saturated carbocycles. The van der Waals surface area contributed by atoms with Gasteiger partial charge in [-0.05, 0) is 87.0 Å². The third-order valence-electron chi connectivity index (χ3n) is 7.53. The van der Waals surface area contributed by atoms with Gasteiger partial charge in [-0.25, -0.2) is 9.59 Å². The number of nitrogens with two attached hydrogens (primary N) is 1. The van der Waals surface area contributed by atoms with E-state index in [4.69, 9.17) is 10.5 Å². The maximum Gasteiger partial charge on any atom is 0.343 e. The second kappa shape index (κ2) is 11.2. The van der Waals surface area contributed by atoms with Crippen LogP contribution in [-0.4, -0.2) is 66.3 Å². The highest BCUT2D eigenvalue weighted by Crippen LogP contribution is 2.44. The monoisotopic (exact) mass is 662 g/mol. The maximum absolute atomic E-state index is 13.2. The van der Waals surface area contributed by atoms with Crippen molar-refractivity contribution in [2.45, 2.75) is 31.8 Å². The van der Waals surface area contributed by atoms with Gasteiger partial charge >= 0.3 is 12.0 Å². The number of nitrogens with zero attached hydrogens (tertiary/aromatic N) is 2. The molecule has 0 bridgehead atoms. The highest BCUT2D eigenvalue weighted by atomic mass is 79.9. The number of nitrogens with one attached hydrogen (secondary N) is 1. The lowest BCUT2D eigenvalue weighted by Crippen LogP contribution is -2.51. The number of urea groups is 1. The standard InChI is InChI=1S/C27H28Br2N4O6/c1-38-23(34)13-39-17-2-3-22-15(8-17)12-33(27(37)31-22)16-4-6-32(7-5-16)26(36)19-11-18(19)25(35)14-9-20(28)24(30)21(29)10-14/h2-3,8-10,16,18-19H,4-7,11-13,30H2,1H3,(H,31,37). The number of hydrogen-bond donors (Lipinski definition) is 2. The molecule has 3 aliphatic rings. The van der Waals surface area contributed by atoms with Crippen molar-refractivity contribution in [3.8, 4) is 5.75 Å². The summed E-state index contributed by atoms with van der Waals surface area (Å²) in [4.78, 5) is 54.0. The van der Waals surface area contributed by atoms with Crippen molar-refractivity contribution in [3.63, 3.8) is 0 Å². The van der Waals surface area contributed by atoms with Crippen LogP contribution in [0.15, 0.2) is 39.3 Å². The fourth-order valence-corrected chi connectivity index (χ4v) is 6.37. The molecule has 10 nitrogen and oxygen atoms in total. The van der Waals surface area contributed by atoms with E-state index < -0.39 is 5.97 Å². The van der Waals surface area contributed by atoms with Gasteiger partial charge in [0.15, 0.2) is 12.4 Å². The average Bonchev–Trinajstić information content (AvgIpc) is 3.74. The number of piperidine rings is 1. The van der Waals surface area contributed by atoms with Crippen molar-refractivity contribution in [2.75, 3.05) is 37.9 Å². The van der Waals surface area contributed by atoms with Gasteiger partial charge < -0.3 is 30.3 Å². The Kier molecular flexibility index (Phi) is 7.86. The number of carbonyl (C=O) groups excluding carboxylic acids is 4. The van der Waals surface area contributed by atoms with E-state index in [0.717, 1.165) is 5.56 Å². The molecule has 0 spiro atoms. The molecule has 0 radical (unpaired) electrons. The van der Waals surface area contributed by atoms with E-state index in [-0.39, 0.29) is 42.2 Å². The number of benzene rings is 2. The van der Waals surface area contributed by atoms with Gasteiger partial charge in [0.1, 0.15) is 5.75 Å². The summed E-state index contributed by atoms with van der Waals surface area (Å²) in [7, 11) is 1.30. The lowest BCUT2D eigenvalue weighted by molar-refractivity contribution is -0.143. The molecule has 206 valence electrons. The molecule has 2 aromatic carbocycles. The quantitative estimate of drug-likeness (QED) is 0.258. The largest absolute Gasteiger partial charge is 0.482 e. The van der Waals surface area contributed by atoms with Gasteiger partial charge in [-0.3, -0.25) is 9.59 Å². The van der Waals surface area contributed by atoms with Crippen LogP contribution in [-0.2, 0) is 20.9 Å². The molecular weight excluding hydrogens is 636 g/mol. The minimum Gasteiger partial charge on any atom is -0.482 e. The van der Waals surface area contributed by atoms with E-state index in [2.05, 4.69) is 41.9 Å². The molecule has 2 unspecified atom stereocenters. The van der Waals surface area contributed by atoms with Gasteiger partial charge in [-0.1, -0.05) is 0 Å². The Morgan fingerprint density at radius 3 is 2.44 bits per heavy atom. The Balaban J connectivity index is 1.16. The molecule has 0 aromatic heterocycles. The van der Waals surface area contributed by atoms with Crippen molar-refractivity contribution in [3.05, 3.63) is 50.4 Å². The fraction of sp³-hybridized carbons (Fsp3) is 0.407. The Morgan fingerprint density at radius 1 is 1.08 bits per heavy atom. The summed E-state index contributed by atoms with van der Waals surface area (Å²) in [5, 5.41) is 2.93. The molecule has 5 rings (SSSR count). The molecule has 3 N–H and O–H groups in total. The van der Waals surface area contributed by atoms with Gasteiger partial charge in [-0.15, -0.1) is 0 Å². The predicted octanol–water partition coefficient (Wildman–Crippen LogP) is 4.20. The van der Waals surface area contributed by atoms with Crippen LogP contribution >= 0.6 is 31.9 Å². The molecule has 39 heavy (non-hydrogen) atoms. The van der Waals surface area contributed by atoms with Crippen LogP contribution in [0.3, 0.4) is 0 Å². The van der Waals surface area contributed by atoms with Gasteiger partial charge in [0.25, 0.3) is 0 Å². The number of halogens is 2. The smallest absolute Gasteiger partial charge is 0.343 e. The van der Waals surface area contributed by atoms with Crippen LogP contribution in [0, 0.1) is 11.8 Å². The van der Waals surface area contributed by atoms with Crippen molar-refractivity contribution >= 4 is 66.9 Å². The number of rotatable bonds is 7. The average molecular weight is 664 g/mol. The van der Waals surface area contributed by atoms with E-state index in [1.165, 1.54) is 7.11 Å². The van der Waals surface area contributed by atoms with Crippen molar-refractivity contribution < 1.29 is 28.7 Å². The normalized spacial score (nSPS) is 20.6. The third kappa shape index (κ3) is 5.76. The molecule has 2 atom stereocenters. The molecule has 1 saturated heterocycles. The molecule has 2 aromatic rings. The molecular formula is C27H28Br2N4O6. The zero-order valence-electron chi connectivity index (χ0n) is 21.2. The zero-order valence-corrected chi connectivity index (χ0v) is 24.4. The van der Waals surface area contributed by atoms with Crippen LogP contribution in [0.4, 0.5) is 16.2 Å². The third-order valence-corrected chi connectivity index (χ3v) is 8.84. The van der Waals surface area contributed by atoms with Crippen LogP contribution < -0.4 is 15.8 Å². The van der Waals surface area contributed by atoms with Crippen LogP contribution in [0.1, 0.15) is 35.2 Å². The van der Waals surface area contributed by atoms with Crippen molar-refractivity contribution in [1.82, 2.24) is 9.80 Å². The van der Waals surface area contributed by atoms with Crippen LogP contribution in [0.2, 0.25) is 0 Å². The Labute approximate surface area is 242 Å². The van der Waals surface area contributed by atoms with Crippen LogP contribution in [0.25, 0.3) is 0 Å². The molecule has 2 fully saturated rings. The molecule has 2 heterocycles. The Bertz CT molecular complexity index is 1320. The number of carbonyl (C=O) groups is 4. The number of ketones is 1. The second-order valence-electron chi connectivity index (χ2n) is 9.96. The number of methoxy groups -OCH3 is 1. The van der Waals surface area contributed by atoms with Gasteiger partial charge in [-0.2, -0.15) is 0 Å². The van der Waals surface area contributed by atoms with E-state index >= 15 is 0 Å². The lowest BCUT2D eigenvalue weighted by atomic mass is 10.00. The first-order chi connectivity index (χ1) is 18.7. The number of ether oxygens (including phenoxy) is 2. The number of nitrogen functional groups attached to an aromatic ring is 1. The summed E-state index contributed by atoms with van der Waals surface area (Å²) < 4.78 is 11.4. The molecule has 12 heteroatoms. The van der Waals surface area contributed by atoms with Crippen LogP contribution in [0.5, 0.6) is 5.75 Å². The first kappa shape index (κ1) is 27.4. The Hall–Kier alpha value is -3.12. The predicted molar refractivity (Wildman–Crippen MR) is 150 cm³/mol. The topological polar surface area (TPSA) is 131 Å². The van der Waals surface area contributed by atoms with Gasteiger partial charge in [0, 0.05) is 57.7 Å². The number of amides is 3. The molecule has 1 aliphatic carbocycles. The number of Topliss-reactive ketones (excluding diaryl/α,β-unsaturated/α-hetero) is 1. The van der Waals surface area contributed by atoms with Crippen molar-refractivity contribution in [1.29, 1.82) is 0 Å². The highest BCUT2D eigenvalue weighted by molar-refractivity contribution is 9.11. The zero-order chi connectivity index (χ0) is 27.8. The highest BCUT2D eigenvalue weighted by Gasteiger charge is 2.50. The summed E-state index contributed by atoms with van der Waals surface area (Å²) in [6.45, 7) is 1.26. The first-order valence-electron chi connectivity index (χ1n) is 12.6. The lowest BCUT2D eigenvalue weighted by Gasteiger charge is -2.40. The molecule has 3 amide bonds. The first-order valence-corrected chi connectivity index (χ1v) is 14.2. The summed E-state index contributed by atoms with van der Waals surface area (Å²) in [6.07, 6.45) is 1.84. The summed E-state index contributed by atoms with van der Waals surface area (Å²) in [5.41, 5.74) is 8.57. The van der Waals surface area contributed by atoms with E-state index in [1.807, 2.05) is 11.0 Å². The summed E-state index contributed by atoms with van der Waals surface area (Å²) in [5.74, 6) is -0.639. The Morgan fingerprint density at radius 2 is 1.77 bits per heavy atom. The number of likely N-dealkylation sites (tertiary alicyclic amines) is 1. The minimum atomic E-state index is -0.475. The number of esters is 1. The van der Waals surface area contributed by atoms with Gasteiger partial charge in [0.2, 0.25) is 5.91 Å². The molecule has 2 aliphatic heterocycles. The van der Waals surface area contributed by atoms with E-state index in [9.17, 15) is 19.2 Å². The van der Waals surface area contributed by atoms with E-state index in [0.29, 0.717) is 70.5 Å².